The van der Waals surface area contributed by atoms with Gasteiger partial charge in [0.05, 0.1) is 12.2 Å². The number of nitrogens with zero attached hydrogens (tertiary/aromatic N) is 2. The molecule has 3 rings (SSSR count). The number of anilines is 2. The van der Waals surface area contributed by atoms with Gasteiger partial charge in [0, 0.05) is 38.6 Å². The second-order valence-corrected chi connectivity index (χ2v) is 8.13. The molecule has 0 saturated carbocycles. The Bertz CT molecular complexity index is 859. The number of carbonyl (C=O) groups is 2. The van der Waals surface area contributed by atoms with Crippen molar-refractivity contribution in [2.24, 2.45) is 5.92 Å². The van der Waals surface area contributed by atoms with Crippen molar-refractivity contribution >= 4 is 23.2 Å². The number of carbonyl (C=O) groups excluding carboxylic acids is 2. The third kappa shape index (κ3) is 5.83. The third-order valence-electron chi connectivity index (χ3n) is 5.41. The number of amides is 2. The van der Waals surface area contributed by atoms with E-state index in [0.29, 0.717) is 23.8 Å². The fraction of sp³-hybridized carbons (Fsp3) is 0.417. The van der Waals surface area contributed by atoms with Crippen LogP contribution in [-0.4, -0.2) is 50.5 Å². The molecule has 1 fully saturated rings. The molecule has 1 N–H and O–H groups in total. The van der Waals surface area contributed by atoms with E-state index < -0.39 is 0 Å². The lowest BCUT2D eigenvalue weighted by Gasteiger charge is -2.31. The van der Waals surface area contributed by atoms with Gasteiger partial charge in [-0.15, -0.1) is 0 Å². The molecule has 160 valence electrons. The van der Waals surface area contributed by atoms with E-state index in [1.807, 2.05) is 66.4 Å². The molecule has 1 saturated heterocycles. The quantitative estimate of drug-likeness (QED) is 0.756. The van der Waals surface area contributed by atoms with Crippen molar-refractivity contribution in [3.8, 4) is 0 Å². The lowest BCUT2D eigenvalue weighted by Crippen LogP contribution is -2.38. The summed E-state index contributed by atoms with van der Waals surface area (Å²) in [5.41, 5.74) is 3.07. The van der Waals surface area contributed by atoms with Gasteiger partial charge in [0.25, 0.3) is 5.91 Å². The molecule has 1 heterocycles. The molecule has 0 spiro atoms. The van der Waals surface area contributed by atoms with Gasteiger partial charge in [-0.05, 0) is 42.5 Å². The van der Waals surface area contributed by atoms with Gasteiger partial charge in [-0.3, -0.25) is 9.59 Å². The fourth-order valence-electron chi connectivity index (χ4n) is 3.59. The minimum Gasteiger partial charge on any atom is -0.377 e. The average molecular weight is 410 g/mol. The Morgan fingerprint density at radius 3 is 2.47 bits per heavy atom. The van der Waals surface area contributed by atoms with Crippen LogP contribution in [-0.2, 0) is 16.1 Å². The molecule has 2 aromatic carbocycles. The molecule has 0 atom stereocenters. The van der Waals surface area contributed by atoms with Crippen molar-refractivity contribution in [3.05, 3.63) is 59.7 Å². The van der Waals surface area contributed by atoms with Crippen molar-refractivity contribution in [3.63, 3.8) is 0 Å². The summed E-state index contributed by atoms with van der Waals surface area (Å²) < 4.78 is 5.50. The van der Waals surface area contributed by atoms with E-state index in [-0.39, 0.29) is 18.4 Å². The van der Waals surface area contributed by atoms with Crippen LogP contribution in [0.15, 0.2) is 48.5 Å². The highest BCUT2D eigenvalue weighted by Crippen LogP contribution is 2.26. The zero-order valence-electron chi connectivity index (χ0n) is 18.1. The number of hydrogen-bond donors (Lipinski definition) is 1. The van der Waals surface area contributed by atoms with Crippen molar-refractivity contribution in [2.45, 2.75) is 26.4 Å². The van der Waals surface area contributed by atoms with Crippen molar-refractivity contribution < 1.29 is 14.3 Å². The van der Waals surface area contributed by atoms with Crippen LogP contribution >= 0.6 is 0 Å². The van der Waals surface area contributed by atoms with Crippen LogP contribution in [0.4, 0.5) is 11.4 Å². The van der Waals surface area contributed by atoms with E-state index in [2.05, 4.69) is 12.2 Å². The first-order chi connectivity index (χ1) is 14.4. The van der Waals surface area contributed by atoms with Crippen LogP contribution in [0.25, 0.3) is 0 Å². The van der Waals surface area contributed by atoms with Crippen LogP contribution in [0, 0.1) is 5.92 Å². The Labute approximate surface area is 178 Å². The van der Waals surface area contributed by atoms with Gasteiger partial charge in [0.15, 0.2) is 0 Å². The molecule has 0 bridgehead atoms. The smallest absolute Gasteiger partial charge is 0.256 e. The number of hydrogen-bond acceptors (Lipinski definition) is 4. The van der Waals surface area contributed by atoms with E-state index >= 15 is 0 Å². The van der Waals surface area contributed by atoms with Crippen LogP contribution in [0.2, 0.25) is 0 Å². The van der Waals surface area contributed by atoms with Gasteiger partial charge in [0.2, 0.25) is 5.91 Å². The fourth-order valence-corrected chi connectivity index (χ4v) is 3.59. The van der Waals surface area contributed by atoms with Crippen molar-refractivity contribution in [1.29, 1.82) is 0 Å². The molecular formula is C24H31N3O3. The molecule has 6 nitrogen and oxygen atoms in total. The molecule has 1 aliphatic heterocycles. The monoisotopic (exact) mass is 409 g/mol. The molecule has 0 radical (unpaired) electrons. The number of piperidine rings is 1. The normalized spacial score (nSPS) is 14.4. The first kappa shape index (κ1) is 21.8. The largest absolute Gasteiger partial charge is 0.377 e. The predicted octanol–water partition coefficient (Wildman–Crippen LogP) is 3.78. The molecule has 0 aliphatic carbocycles. The predicted molar refractivity (Wildman–Crippen MR) is 120 cm³/mol. The summed E-state index contributed by atoms with van der Waals surface area (Å²) in [6.07, 6.45) is 2.05. The number of ether oxygens (including phenoxy) is 1. The maximum atomic E-state index is 13.2. The summed E-state index contributed by atoms with van der Waals surface area (Å²) in [7, 11) is 3.83. The second-order valence-electron chi connectivity index (χ2n) is 8.13. The van der Waals surface area contributed by atoms with Crippen molar-refractivity contribution in [1.82, 2.24) is 4.90 Å². The lowest BCUT2D eigenvalue weighted by molar-refractivity contribution is -0.121. The van der Waals surface area contributed by atoms with Gasteiger partial charge in [0.1, 0.15) is 6.61 Å². The maximum absolute atomic E-state index is 13.2. The molecular weight excluding hydrogens is 378 g/mol. The average Bonchev–Trinajstić information content (AvgIpc) is 2.74. The second kappa shape index (κ2) is 10.3. The topological polar surface area (TPSA) is 61.9 Å². The van der Waals surface area contributed by atoms with E-state index in [0.717, 1.165) is 37.2 Å². The van der Waals surface area contributed by atoms with Crippen LogP contribution in [0.5, 0.6) is 0 Å². The maximum Gasteiger partial charge on any atom is 0.256 e. The standard InChI is InChI=1S/C24H31N3O3/c1-18-11-13-27(14-12-18)24(29)21-15-20(9-10-22(21)26(2)3)25-23(28)17-30-16-19-7-5-4-6-8-19/h4-10,15,18H,11-14,16-17H2,1-3H3,(H,25,28). The van der Waals surface area contributed by atoms with Crippen molar-refractivity contribution in [2.75, 3.05) is 44.0 Å². The van der Waals surface area contributed by atoms with E-state index in [1.54, 1.807) is 6.07 Å². The summed E-state index contributed by atoms with van der Waals surface area (Å²) in [5, 5.41) is 2.85. The Morgan fingerprint density at radius 2 is 1.80 bits per heavy atom. The number of nitrogens with one attached hydrogen (secondary N) is 1. The van der Waals surface area contributed by atoms with Gasteiger partial charge in [-0.1, -0.05) is 37.3 Å². The number of likely N-dealkylation sites (tertiary alicyclic amines) is 1. The first-order valence-electron chi connectivity index (χ1n) is 10.5. The molecule has 0 aromatic heterocycles. The van der Waals surface area contributed by atoms with Gasteiger partial charge in [-0.2, -0.15) is 0 Å². The zero-order valence-corrected chi connectivity index (χ0v) is 18.1. The van der Waals surface area contributed by atoms with E-state index in [4.69, 9.17) is 4.74 Å². The molecule has 1 aliphatic rings. The third-order valence-corrected chi connectivity index (χ3v) is 5.41. The van der Waals surface area contributed by atoms with E-state index in [1.165, 1.54) is 0 Å². The summed E-state index contributed by atoms with van der Waals surface area (Å²) >= 11 is 0. The zero-order chi connectivity index (χ0) is 21.5. The van der Waals surface area contributed by atoms with Gasteiger partial charge >= 0.3 is 0 Å². The van der Waals surface area contributed by atoms with Crippen LogP contribution in [0.1, 0.15) is 35.7 Å². The Hall–Kier alpha value is -2.86. The van der Waals surface area contributed by atoms with Crippen LogP contribution < -0.4 is 10.2 Å². The highest BCUT2D eigenvalue weighted by atomic mass is 16.5. The van der Waals surface area contributed by atoms with E-state index in [9.17, 15) is 9.59 Å². The minimum absolute atomic E-state index is 0.0158. The van der Waals surface area contributed by atoms with Gasteiger partial charge < -0.3 is 19.9 Å². The minimum atomic E-state index is -0.242. The van der Waals surface area contributed by atoms with Crippen LogP contribution in [0.3, 0.4) is 0 Å². The summed E-state index contributed by atoms with van der Waals surface area (Å²) in [6, 6.07) is 15.2. The first-order valence-corrected chi connectivity index (χ1v) is 10.5. The lowest BCUT2D eigenvalue weighted by atomic mass is 9.98. The highest BCUT2D eigenvalue weighted by molar-refractivity contribution is 6.02. The Kier molecular flexibility index (Phi) is 7.46. The summed E-state index contributed by atoms with van der Waals surface area (Å²) in [5.74, 6) is 0.430. The molecule has 30 heavy (non-hydrogen) atoms. The Balaban J connectivity index is 1.64. The summed E-state index contributed by atoms with van der Waals surface area (Å²) in [4.78, 5) is 29.3. The highest BCUT2D eigenvalue weighted by Gasteiger charge is 2.24. The molecule has 0 unspecified atom stereocenters. The number of rotatable bonds is 7. The summed E-state index contributed by atoms with van der Waals surface area (Å²) in [6.45, 7) is 4.11. The SMILES string of the molecule is CC1CCN(C(=O)c2cc(NC(=O)COCc3ccccc3)ccc2N(C)C)CC1. The van der Waals surface area contributed by atoms with Gasteiger partial charge in [-0.25, -0.2) is 0 Å². The molecule has 2 amide bonds. The molecule has 2 aromatic rings. The Morgan fingerprint density at radius 1 is 1.10 bits per heavy atom. The number of benzene rings is 2. The molecule has 6 heteroatoms.